The van der Waals surface area contributed by atoms with E-state index >= 15 is 0 Å². The minimum atomic E-state index is 0.0435. The van der Waals surface area contributed by atoms with Crippen LogP contribution in [0.2, 0.25) is 0 Å². The fraction of sp³-hybridized carbons (Fsp3) is 0.333. The van der Waals surface area contributed by atoms with Crippen molar-refractivity contribution in [3.05, 3.63) is 48.5 Å². The summed E-state index contributed by atoms with van der Waals surface area (Å²) in [4.78, 5) is 17.0. The molecule has 4 rings (SSSR count). The molecular weight excluding hydrogens is 374 g/mol. The van der Waals surface area contributed by atoms with Crippen LogP contribution >= 0.6 is 11.8 Å². The maximum atomic E-state index is 12.3. The monoisotopic (exact) mass is 397 g/mol. The van der Waals surface area contributed by atoms with Crippen LogP contribution in [0, 0.1) is 0 Å². The lowest BCUT2D eigenvalue weighted by Crippen LogP contribution is -2.29. The minimum absolute atomic E-state index is 0.0435. The van der Waals surface area contributed by atoms with E-state index in [9.17, 15) is 4.79 Å². The predicted molar refractivity (Wildman–Crippen MR) is 110 cm³/mol. The summed E-state index contributed by atoms with van der Waals surface area (Å²) in [5.74, 6) is 2.39. The number of aromatic nitrogens is 2. The number of fused-ring (bicyclic) bond motifs is 1. The van der Waals surface area contributed by atoms with Gasteiger partial charge in [-0.2, -0.15) is 0 Å². The highest BCUT2D eigenvalue weighted by molar-refractivity contribution is 7.99. The number of carbonyl (C=O) groups is 1. The highest BCUT2D eigenvalue weighted by Crippen LogP contribution is 2.25. The van der Waals surface area contributed by atoms with Crippen molar-refractivity contribution in [2.24, 2.45) is 0 Å². The maximum absolute atomic E-state index is 12.3. The van der Waals surface area contributed by atoms with Crippen LogP contribution in [-0.2, 0) is 11.3 Å². The van der Waals surface area contributed by atoms with Gasteiger partial charge in [0, 0.05) is 11.8 Å². The number of hydrogen-bond donors (Lipinski definition) is 1. The Kier molecular flexibility index (Phi) is 5.71. The Labute approximate surface area is 168 Å². The molecule has 0 saturated heterocycles. The summed E-state index contributed by atoms with van der Waals surface area (Å²) < 4.78 is 12.9. The molecule has 0 bridgehead atoms. The first-order chi connectivity index (χ1) is 13.7. The second-order valence-corrected chi connectivity index (χ2v) is 7.75. The lowest BCUT2D eigenvalue weighted by molar-refractivity contribution is -0.121. The lowest BCUT2D eigenvalue weighted by atomic mass is 10.3. The number of amides is 1. The average molecular weight is 398 g/mol. The molecule has 1 heterocycles. The Morgan fingerprint density at radius 1 is 1.18 bits per heavy atom. The number of para-hydroxylation sites is 2. The Balaban J connectivity index is 1.39. The van der Waals surface area contributed by atoms with Crippen molar-refractivity contribution in [2.45, 2.75) is 30.6 Å². The van der Waals surface area contributed by atoms with Gasteiger partial charge in [0.05, 0.1) is 24.8 Å². The SMILES string of the molecule is COc1ccc(OCCSc2nc3ccccc3n2CC(=O)NC2CC2)cc1. The zero-order valence-corrected chi connectivity index (χ0v) is 16.6. The van der Waals surface area contributed by atoms with Gasteiger partial charge in [-0.3, -0.25) is 4.79 Å². The van der Waals surface area contributed by atoms with Crippen LogP contribution < -0.4 is 14.8 Å². The standard InChI is InChI=1S/C21H23N3O3S/c1-26-16-8-10-17(11-9-16)27-12-13-28-21-23-18-4-2-3-5-19(18)24(21)14-20(25)22-15-6-7-15/h2-5,8-11,15H,6-7,12-14H2,1H3,(H,22,25). The Morgan fingerprint density at radius 3 is 2.68 bits per heavy atom. The highest BCUT2D eigenvalue weighted by Gasteiger charge is 2.24. The van der Waals surface area contributed by atoms with Gasteiger partial charge >= 0.3 is 0 Å². The molecule has 2 aromatic carbocycles. The number of imidazole rings is 1. The number of hydrogen-bond acceptors (Lipinski definition) is 5. The summed E-state index contributed by atoms with van der Waals surface area (Å²) in [6.45, 7) is 0.840. The summed E-state index contributed by atoms with van der Waals surface area (Å²) in [6, 6.07) is 15.8. The van der Waals surface area contributed by atoms with Gasteiger partial charge in [-0.1, -0.05) is 23.9 Å². The third-order valence-corrected chi connectivity index (χ3v) is 5.45. The van der Waals surface area contributed by atoms with Crippen LogP contribution in [0.15, 0.2) is 53.7 Å². The first kappa shape index (κ1) is 18.7. The molecule has 0 aliphatic heterocycles. The molecule has 146 valence electrons. The molecule has 3 aromatic rings. The highest BCUT2D eigenvalue weighted by atomic mass is 32.2. The minimum Gasteiger partial charge on any atom is -0.497 e. The van der Waals surface area contributed by atoms with Gasteiger partial charge in [-0.25, -0.2) is 4.98 Å². The van der Waals surface area contributed by atoms with Gasteiger partial charge in [0.15, 0.2) is 5.16 Å². The third kappa shape index (κ3) is 4.59. The van der Waals surface area contributed by atoms with E-state index < -0.39 is 0 Å². The number of ether oxygens (including phenoxy) is 2. The van der Waals surface area contributed by atoms with E-state index in [1.54, 1.807) is 18.9 Å². The molecule has 1 amide bonds. The number of methoxy groups -OCH3 is 1. The molecule has 1 aromatic heterocycles. The number of benzene rings is 2. The van der Waals surface area contributed by atoms with E-state index in [0.717, 1.165) is 46.3 Å². The van der Waals surface area contributed by atoms with E-state index in [0.29, 0.717) is 19.2 Å². The van der Waals surface area contributed by atoms with Crippen LogP contribution in [-0.4, -0.2) is 41.0 Å². The van der Waals surface area contributed by atoms with Crippen molar-refractivity contribution in [2.75, 3.05) is 19.5 Å². The van der Waals surface area contributed by atoms with Crippen molar-refractivity contribution >= 4 is 28.7 Å². The summed E-state index contributed by atoms with van der Waals surface area (Å²) >= 11 is 1.60. The third-order valence-electron chi connectivity index (χ3n) is 4.51. The smallest absolute Gasteiger partial charge is 0.240 e. The average Bonchev–Trinajstić information content (AvgIpc) is 3.47. The normalized spacial score (nSPS) is 13.5. The van der Waals surface area contributed by atoms with Gasteiger partial charge in [0.2, 0.25) is 5.91 Å². The van der Waals surface area contributed by atoms with Crippen molar-refractivity contribution in [3.8, 4) is 11.5 Å². The molecule has 6 nitrogen and oxygen atoms in total. The zero-order chi connectivity index (χ0) is 19.3. The van der Waals surface area contributed by atoms with Gasteiger partial charge in [0.25, 0.3) is 0 Å². The largest absolute Gasteiger partial charge is 0.497 e. The summed E-state index contributed by atoms with van der Waals surface area (Å²) in [5, 5.41) is 3.89. The molecule has 1 saturated carbocycles. The lowest BCUT2D eigenvalue weighted by Gasteiger charge is -2.10. The number of rotatable bonds is 9. The van der Waals surface area contributed by atoms with E-state index in [4.69, 9.17) is 14.5 Å². The van der Waals surface area contributed by atoms with E-state index in [1.807, 2.05) is 53.1 Å². The number of nitrogens with zero attached hydrogens (tertiary/aromatic N) is 2. The molecule has 1 N–H and O–H groups in total. The Bertz CT molecular complexity index is 951. The van der Waals surface area contributed by atoms with Crippen molar-refractivity contribution in [1.82, 2.24) is 14.9 Å². The molecule has 1 fully saturated rings. The number of carbonyl (C=O) groups excluding carboxylic acids is 1. The number of thioether (sulfide) groups is 1. The van der Waals surface area contributed by atoms with E-state index in [-0.39, 0.29) is 5.91 Å². The van der Waals surface area contributed by atoms with Crippen molar-refractivity contribution in [1.29, 1.82) is 0 Å². The van der Waals surface area contributed by atoms with Gasteiger partial charge < -0.3 is 19.4 Å². The second-order valence-electron chi connectivity index (χ2n) is 6.68. The first-order valence-corrected chi connectivity index (χ1v) is 10.4. The zero-order valence-electron chi connectivity index (χ0n) is 15.8. The van der Waals surface area contributed by atoms with Crippen LogP contribution in [0.5, 0.6) is 11.5 Å². The fourth-order valence-corrected chi connectivity index (χ4v) is 3.76. The molecule has 7 heteroatoms. The quantitative estimate of drug-likeness (QED) is 0.442. The Hall–Kier alpha value is -2.67. The van der Waals surface area contributed by atoms with E-state index in [2.05, 4.69) is 5.32 Å². The summed E-state index contributed by atoms with van der Waals surface area (Å²) in [6.07, 6.45) is 2.17. The van der Waals surface area contributed by atoms with Crippen LogP contribution in [0.4, 0.5) is 0 Å². The number of nitrogens with one attached hydrogen (secondary N) is 1. The molecule has 0 atom stereocenters. The van der Waals surface area contributed by atoms with Crippen LogP contribution in [0.3, 0.4) is 0 Å². The molecule has 1 aliphatic rings. The molecule has 28 heavy (non-hydrogen) atoms. The van der Waals surface area contributed by atoms with Crippen LogP contribution in [0.25, 0.3) is 11.0 Å². The summed E-state index contributed by atoms with van der Waals surface area (Å²) in [5.41, 5.74) is 1.88. The molecule has 0 spiro atoms. The topological polar surface area (TPSA) is 65.4 Å². The Morgan fingerprint density at radius 2 is 1.93 bits per heavy atom. The summed E-state index contributed by atoms with van der Waals surface area (Å²) in [7, 11) is 1.64. The van der Waals surface area contributed by atoms with Crippen molar-refractivity contribution < 1.29 is 14.3 Å². The van der Waals surface area contributed by atoms with Crippen molar-refractivity contribution in [3.63, 3.8) is 0 Å². The van der Waals surface area contributed by atoms with Crippen LogP contribution in [0.1, 0.15) is 12.8 Å². The molecule has 1 aliphatic carbocycles. The fourth-order valence-electron chi connectivity index (χ4n) is 2.93. The molecule has 0 unspecified atom stereocenters. The molecular formula is C21H23N3O3S. The maximum Gasteiger partial charge on any atom is 0.240 e. The van der Waals surface area contributed by atoms with Gasteiger partial charge in [-0.15, -0.1) is 0 Å². The molecule has 0 radical (unpaired) electrons. The predicted octanol–water partition coefficient (Wildman–Crippen LogP) is 3.49. The second kappa shape index (κ2) is 8.56. The van der Waals surface area contributed by atoms with Gasteiger partial charge in [0.1, 0.15) is 18.0 Å². The van der Waals surface area contributed by atoms with E-state index in [1.165, 1.54) is 0 Å². The van der Waals surface area contributed by atoms with Gasteiger partial charge in [-0.05, 0) is 49.2 Å². The first-order valence-electron chi connectivity index (χ1n) is 9.37.